The van der Waals surface area contributed by atoms with Crippen LogP contribution in [0.1, 0.15) is 64.4 Å². The molecule has 1 aliphatic carbocycles. The Bertz CT molecular complexity index is 864. The molecular weight excluding hydrogens is 304 g/mol. The number of nitrogens with one attached hydrogen (secondary N) is 1. The average molecular weight is 322 g/mol. The summed E-state index contributed by atoms with van der Waals surface area (Å²) in [5.41, 5.74) is 1.48. The quantitative estimate of drug-likeness (QED) is 0.863. The van der Waals surface area contributed by atoms with Crippen molar-refractivity contribution in [2.75, 3.05) is 4.90 Å². The molecule has 4 rings (SSSR count). The number of rotatable bonds is 2. The number of anilines is 1. The van der Waals surface area contributed by atoms with Gasteiger partial charge < -0.3 is 4.98 Å². The highest BCUT2D eigenvalue weighted by atomic mass is 16.2. The Morgan fingerprint density at radius 2 is 1.62 bits per heavy atom. The van der Waals surface area contributed by atoms with Crippen LogP contribution in [-0.2, 0) is 0 Å². The smallest absolute Gasteiger partial charge is 0.267 e. The van der Waals surface area contributed by atoms with Gasteiger partial charge in [-0.25, -0.2) is 4.90 Å². The van der Waals surface area contributed by atoms with Gasteiger partial charge in [-0.3, -0.25) is 14.4 Å². The number of hydrogen-bond donors (Lipinski definition) is 1. The van der Waals surface area contributed by atoms with E-state index in [1.807, 2.05) is 6.07 Å². The molecule has 2 aromatic rings. The van der Waals surface area contributed by atoms with Gasteiger partial charge in [-0.05, 0) is 30.9 Å². The fourth-order valence-corrected chi connectivity index (χ4v) is 3.81. The van der Waals surface area contributed by atoms with Gasteiger partial charge in [-0.1, -0.05) is 37.5 Å². The summed E-state index contributed by atoms with van der Waals surface area (Å²) in [6.45, 7) is 0. The zero-order valence-corrected chi connectivity index (χ0v) is 13.2. The maximum atomic E-state index is 13.0. The molecule has 0 saturated heterocycles. The third kappa shape index (κ3) is 2.28. The van der Waals surface area contributed by atoms with Crippen LogP contribution in [0, 0.1) is 0 Å². The fraction of sp³-hybridized carbons (Fsp3) is 0.316. The van der Waals surface area contributed by atoms with Crippen LogP contribution in [0.3, 0.4) is 0 Å². The molecule has 1 aromatic carbocycles. The maximum absolute atomic E-state index is 13.0. The minimum atomic E-state index is -0.413. The molecule has 0 atom stereocenters. The van der Waals surface area contributed by atoms with Crippen molar-refractivity contribution < 1.29 is 9.59 Å². The van der Waals surface area contributed by atoms with E-state index in [-0.39, 0.29) is 22.9 Å². The number of aromatic nitrogens is 1. The normalized spacial score (nSPS) is 18.1. The van der Waals surface area contributed by atoms with Crippen molar-refractivity contribution >= 4 is 17.5 Å². The Hall–Kier alpha value is -2.69. The first-order valence-electron chi connectivity index (χ1n) is 8.38. The van der Waals surface area contributed by atoms with E-state index in [1.54, 1.807) is 24.3 Å². The Morgan fingerprint density at radius 1 is 0.917 bits per heavy atom. The number of para-hydroxylation sites is 1. The van der Waals surface area contributed by atoms with Crippen molar-refractivity contribution in [3.63, 3.8) is 0 Å². The second-order valence-electron chi connectivity index (χ2n) is 6.45. The Balaban J connectivity index is 1.84. The molecule has 2 amide bonds. The first kappa shape index (κ1) is 14.9. The van der Waals surface area contributed by atoms with E-state index in [4.69, 9.17) is 0 Å². The van der Waals surface area contributed by atoms with E-state index < -0.39 is 5.91 Å². The number of imide groups is 1. The van der Waals surface area contributed by atoms with Gasteiger partial charge in [0.1, 0.15) is 0 Å². The number of hydrogen-bond acceptors (Lipinski definition) is 3. The van der Waals surface area contributed by atoms with Gasteiger partial charge in [-0.15, -0.1) is 0 Å². The van der Waals surface area contributed by atoms with Gasteiger partial charge in [0.15, 0.2) is 0 Å². The van der Waals surface area contributed by atoms with E-state index in [1.165, 1.54) is 17.4 Å². The van der Waals surface area contributed by atoms with Gasteiger partial charge in [0.2, 0.25) is 5.56 Å². The number of pyridine rings is 1. The minimum Gasteiger partial charge on any atom is -0.325 e. The van der Waals surface area contributed by atoms with E-state index in [2.05, 4.69) is 4.98 Å². The highest BCUT2D eigenvalue weighted by Crippen LogP contribution is 2.37. The zero-order chi connectivity index (χ0) is 16.7. The summed E-state index contributed by atoms with van der Waals surface area (Å²) >= 11 is 0. The van der Waals surface area contributed by atoms with Crippen LogP contribution in [0.15, 0.2) is 41.2 Å². The molecule has 0 radical (unpaired) electrons. The van der Waals surface area contributed by atoms with Gasteiger partial charge in [0.25, 0.3) is 11.8 Å². The van der Waals surface area contributed by atoms with E-state index in [9.17, 15) is 14.4 Å². The molecule has 5 nitrogen and oxygen atoms in total. The van der Waals surface area contributed by atoms with Gasteiger partial charge in [0, 0.05) is 11.8 Å². The zero-order valence-electron chi connectivity index (χ0n) is 13.2. The minimum absolute atomic E-state index is 0.147. The molecule has 1 N–H and O–H groups in total. The number of aromatic amines is 1. The summed E-state index contributed by atoms with van der Waals surface area (Å²) in [7, 11) is 0. The van der Waals surface area contributed by atoms with Crippen molar-refractivity contribution in [3.8, 4) is 0 Å². The van der Waals surface area contributed by atoms with Gasteiger partial charge in [-0.2, -0.15) is 0 Å². The predicted octanol–water partition coefficient (Wildman–Crippen LogP) is 3.22. The standard InChI is InChI=1S/C19H18N2O3/c22-15-11-14-16(17(20-15)12-7-3-1-4-8-12)19(24)21(18(14)23)13-9-5-2-6-10-13/h2,5-6,9-12H,1,3-4,7-8H2,(H,20,22). The number of carbonyl (C=O) groups excluding carboxylic acids is 2. The molecule has 0 unspecified atom stereocenters. The number of benzene rings is 1. The number of amides is 2. The molecule has 0 bridgehead atoms. The third-order valence-corrected chi connectivity index (χ3v) is 4.95. The first-order chi connectivity index (χ1) is 11.7. The number of H-pyrrole nitrogens is 1. The first-order valence-corrected chi connectivity index (χ1v) is 8.38. The van der Waals surface area contributed by atoms with Gasteiger partial charge >= 0.3 is 0 Å². The Kier molecular flexibility index (Phi) is 3.56. The van der Waals surface area contributed by atoms with Crippen LogP contribution in [0.5, 0.6) is 0 Å². The maximum Gasteiger partial charge on any atom is 0.267 e. The summed E-state index contributed by atoms with van der Waals surface area (Å²) in [5, 5.41) is 0. The fourth-order valence-electron chi connectivity index (χ4n) is 3.81. The summed E-state index contributed by atoms with van der Waals surface area (Å²) in [6.07, 6.45) is 5.24. The lowest BCUT2D eigenvalue weighted by Gasteiger charge is -2.23. The van der Waals surface area contributed by atoms with Crippen molar-refractivity contribution in [1.29, 1.82) is 0 Å². The largest absolute Gasteiger partial charge is 0.325 e. The van der Waals surface area contributed by atoms with Crippen LogP contribution in [0.25, 0.3) is 0 Å². The lowest BCUT2D eigenvalue weighted by atomic mass is 9.84. The summed E-state index contributed by atoms with van der Waals surface area (Å²) in [5.74, 6) is -0.601. The number of nitrogens with zero attached hydrogens (tertiary/aromatic N) is 1. The van der Waals surface area contributed by atoms with Crippen LogP contribution < -0.4 is 10.5 Å². The van der Waals surface area contributed by atoms with Crippen LogP contribution in [0.4, 0.5) is 5.69 Å². The average Bonchev–Trinajstić information content (AvgIpc) is 2.86. The lowest BCUT2D eigenvalue weighted by Crippen LogP contribution is -2.29. The van der Waals surface area contributed by atoms with Gasteiger partial charge in [0.05, 0.1) is 16.8 Å². The van der Waals surface area contributed by atoms with E-state index >= 15 is 0 Å². The molecule has 122 valence electrons. The lowest BCUT2D eigenvalue weighted by molar-refractivity contribution is 0.0925. The van der Waals surface area contributed by atoms with Crippen LogP contribution >= 0.6 is 0 Å². The molecule has 5 heteroatoms. The molecule has 1 aliphatic heterocycles. The summed E-state index contributed by atoms with van der Waals surface area (Å²) in [4.78, 5) is 41.8. The van der Waals surface area contributed by atoms with Crippen molar-refractivity contribution in [1.82, 2.24) is 4.98 Å². The Morgan fingerprint density at radius 3 is 2.33 bits per heavy atom. The number of carbonyl (C=O) groups is 2. The highest BCUT2D eigenvalue weighted by Gasteiger charge is 2.40. The Labute approximate surface area is 139 Å². The van der Waals surface area contributed by atoms with E-state index in [0.29, 0.717) is 16.9 Å². The third-order valence-electron chi connectivity index (χ3n) is 4.95. The molecule has 2 aliphatic rings. The number of fused-ring (bicyclic) bond motifs is 1. The monoisotopic (exact) mass is 322 g/mol. The second-order valence-corrected chi connectivity index (χ2v) is 6.45. The molecule has 1 fully saturated rings. The molecule has 24 heavy (non-hydrogen) atoms. The SMILES string of the molecule is O=C1c2cc(=O)[nH]c(C3CCCCC3)c2C(=O)N1c1ccccc1. The van der Waals surface area contributed by atoms with Crippen molar-refractivity contribution in [2.45, 2.75) is 38.0 Å². The highest BCUT2D eigenvalue weighted by molar-refractivity contribution is 6.34. The predicted molar refractivity (Wildman–Crippen MR) is 90.5 cm³/mol. The van der Waals surface area contributed by atoms with Crippen LogP contribution in [0.2, 0.25) is 0 Å². The molecule has 0 spiro atoms. The topological polar surface area (TPSA) is 70.2 Å². The summed E-state index contributed by atoms with van der Waals surface area (Å²) < 4.78 is 0. The second kappa shape index (κ2) is 5.74. The van der Waals surface area contributed by atoms with Crippen LogP contribution in [-0.4, -0.2) is 16.8 Å². The molecule has 1 aromatic heterocycles. The summed E-state index contributed by atoms with van der Waals surface area (Å²) in [6, 6.07) is 10.1. The molecular formula is C19H18N2O3. The van der Waals surface area contributed by atoms with E-state index in [0.717, 1.165) is 25.7 Å². The molecule has 2 heterocycles. The molecule has 1 saturated carbocycles. The van der Waals surface area contributed by atoms with Crippen molar-refractivity contribution in [2.24, 2.45) is 0 Å². The van der Waals surface area contributed by atoms with Crippen molar-refractivity contribution in [3.05, 3.63) is 63.6 Å².